The molecule has 0 aliphatic carbocycles. The predicted octanol–water partition coefficient (Wildman–Crippen LogP) is 4.50. The molecule has 0 aliphatic heterocycles. The van der Waals surface area contributed by atoms with Crippen molar-refractivity contribution in [2.75, 3.05) is 26.2 Å². The fourth-order valence-electron chi connectivity index (χ4n) is 4.08. The number of carboxylic acid groups (broad SMARTS) is 3. The van der Waals surface area contributed by atoms with Gasteiger partial charge in [-0.2, -0.15) is 0 Å². The molecule has 0 heterocycles. The van der Waals surface area contributed by atoms with E-state index in [1.165, 1.54) is 19.3 Å². The number of carbonyl (C=O) groups is 3. The first-order chi connectivity index (χ1) is 16.0. The van der Waals surface area contributed by atoms with Crippen molar-refractivity contribution in [2.45, 2.75) is 98.3 Å². The summed E-state index contributed by atoms with van der Waals surface area (Å²) >= 11 is 0. The molecule has 7 heteroatoms. The lowest BCUT2D eigenvalue weighted by atomic mass is 10.0. The molecule has 0 rings (SSSR count). The first kappa shape index (κ1) is 32.1. The third-order valence-electron chi connectivity index (χ3n) is 6.98. The van der Waals surface area contributed by atoms with Gasteiger partial charge in [0.2, 0.25) is 0 Å². The van der Waals surface area contributed by atoms with Crippen LogP contribution in [0.15, 0.2) is 12.2 Å². The van der Waals surface area contributed by atoms with Crippen molar-refractivity contribution in [3.63, 3.8) is 0 Å². The average Bonchev–Trinajstić information content (AvgIpc) is 2.79. The second-order valence-electron chi connectivity index (χ2n) is 10.1. The number of nitrogens with zero attached hydrogens (tertiary/aromatic N) is 1. The monoisotopic (exact) mass is 483 g/mol. The van der Waals surface area contributed by atoms with Crippen LogP contribution in [0, 0.1) is 17.8 Å². The largest absolute Gasteiger partial charge is 0.550 e. The first-order valence-corrected chi connectivity index (χ1v) is 13.2. The third kappa shape index (κ3) is 15.1. The zero-order valence-electron chi connectivity index (χ0n) is 22.0. The van der Waals surface area contributed by atoms with E-state index in [-0.39, 0.29) is 0 Å². The maximum atomic E-state index is 11.4. The highest BCUT2D eigenvalue weighted by Gasteiger charge is 2.30. The van der Waals surface area contributed by atoms with Crippen molar-refractivity contribution in [1.82, 2.24) is 0 Å². The molecule has 7 nitrogen and oxygen atoms in total. The van der Waals surface area contributed by atoms with E-state index in [1.807, 2.05) is 0 Å². The molecule has 0 saturated carbocycles. The minimum absolute atomic E-state index is 0.440. The SMILES string of the molecule is CCC/C=C/CCCCCCC[N+](CCC(C)C(=O)[O-])(CCC(C)C(=O)O)CCC(C)C(=O)O. The van der Waals surface area contributed by atoms with E-state index in [4.69, 9.17) is 0 Å². The number of aliphatic carboxylic acids is 3. The van der Waals surface area contributed by atoms with Crippen LogP contribution in [0.2, 0.25) is 0 Å². The second kappa shape index (κ2) is 18.4. The number of quaternary nitrogens is 1. The normalized spacial score (nSPS) is 16.1. The van der Waals surface area contributed by atoms with E-state index >= 15 is 0 Å². The summed E-state index contributed by atoms with van der Waals surface area (Å²) in [4.78, 5) is 34.1. The van der Waals surface area contributed by atoms with Crippen molar-refractivity contribution in [3.05, 3.63) is 12.2 Å². The van der Waals surface area contributed by atoms with Crippen LogP contribution in [-0.4, -0.2) is 58.8 Å². The molecule has 0 amide bonds. The molecule has 34 heavy (non-hydrogen) atoms. The van der Waals surface area contributed by atoms with E-state index in [2.05, 4.69) is 19.1 Å². The van der Waals surface area contributed by atoms with Gasteiger partial charge in [-0.15, -0.1) is 0 Å². The summed E-state index contributed by atoms with van der Waals surface area (Å²) in [6.45, 7) is 9.82. The van der Waals surface area contributed by atoms with Crippen molar-refractivity contribution < 1.29 is 34.2 Å². The number of rotatable bonds is 22. The number of carboxylic acids is 3. The van der Waals surface area contributed by atoms with E-state index in [1.54, 1.807) is 20.8 Å². The molecule has 0 aromatic rings. The molecule has 0 saturated heterocycles. The quantitative estimate of drug-likeness (QED) is 0.133. The van der Waals surface area contributed by atoms with Crippen LogP contribution in [0.5, 0.6) is 0 Å². The van der Waals surface area contributed by atoms with Crippen LogP contribution < -0.4 is 5.11 Å². The summed E-state index contributed by atoms with van der Waals surface area (Å²) < 4.78 is 0.576. The zero-order chi connectivity index (χ0) is 26.0. The van der Waals surface area contributed by atoms with Crippen LogP contribution in [0.1, 0.15) is 98.3 Å². The van der Waals surface area contributed by atoms with E-state index in [9.17, 15) is 29.7 Å². The average molecular weight is 484 g/mol. The number of carbonyl (C=O) groups excluding carboxylic acids is 1. The fourth-order valence-corrected chi connectivity index (χ4v) is 4.08. The molecular formula is C27H49NO6. The third-order valence-corrected chi connectivity index (χ3v) is 6.98. The van der Waals surface area contributed by atoms with Crippen LogP contribution >= 0.6 is 0 Å². The van der Waals surface area contributed by atoms with Crippen LogP contribution in [0.25, 0.3) is 0 Å². The maximum Gasteiger partial charge on any atom is 0.306 e. The smallest absolute Gasteiger partial charge is 0.306 e. The maximum absolute atomic E-state index is 11.4. The van der Waals surface area contributed by atoms with Crippen LogP contribution in [-0.2, 0) is 14.4 Å². The van der Waals surface area contributed by atoms with Crippen molar-refractivity contribution in [2.24, 2.45) is 17.8 Å². The Kier molecular flexibility index (Phi) is 17.4. The molecule has 0 fully saturated rings. The van der Waals surface area contributed by atoms with Crippen molar-refractivity contribution >= 4 is 17.9 Å². The Morgan fingerprint density at radius 1 is 0.706 bits per heavy atom. The van der Waals surface area contributed by atoms with Gasteiger partial charge in [-0.3, -0.25) is 9.59 Å². The topological polar surface area (TPSA) is 115 Å². The summed E-state index contributed by atoms with van der Waals surface area (Å²) in [7, 11) is 0. The minimum atomic E-state index is -1.08. The highest BCUT2D eigenvalue weighted by Crippen LogP contribution is 2.21. The van der Waals surface area contributed by atoms with Gasteiger partial charge in [0.15, 0.2) is 0 Å². The van der Waals surface area contributed by atoms with Gasteiger partial charge in [-0.1, -0.05) is 59.1 Å². The van der Waals surface area contributed by atoms with Gasteiger partial charge in [0, 0.05) is 31.1 Å². The molecule has 0 spiro atoms. The van der Waals surface area contributed by atoms with E-state index in [0.29, 0.717) is 43.4 Å². The molecule has 198 valence electrons. The second-order valence-corrected chi connectivity index (χ2v) is 10.1. The molecule has 2 N–H and O–H groups in total. The standard InChI is InChI=1S/C27H49NO6/c1-5-6-7-8-9-10-11-12-13-14-18-28(19-15-22(2)25(29)30,20-16-23(3)26(31)32)21-17-24(4)27(33)34/h7-8,22-24H,5-6,9-21H2,1-4H3,(H2-,29,30,31,32,33,34)/b8-7+. The summed E-state index contributed by atoms with van der Waals surface area (Å²) in [6.07, 6.45) is 14.9. The van der Waals surface area contributed by atoms with Crippen molar-refractivity contribution in [3.8, 4) is 0 Å². The Morgan fingerprint density at radius 3 is 1.62 bits per heavy atom. The Morgan fingerprint density at radius 2 is 1.15 bits per heavy atom. The molecular weight excluding hydrogens is 434 g/mol. The van der Waals surface area contributed by atoms with Crippen molar-refractivity contribution in [1.29, 1.82) is 0 Å². The van der Waals surface area contributed by atoms with Crippen LogP contribution in [0.4, 0.5) is 0 Å². The fraction of sp³-hybridized carbons (Fsp3) is 0.815. The number of hydrogen-bond acceptors (Lipinski definition) is 4. The lowest BCUT2D eigenvalue weighted by Gasteiger charge is -2.41. The highest BCUT2D eigenvalue weighted by atomic mass is 16.4. The van der Waals surface area contributed by atoms with Gasteiger partial charge in [0.25, 0.3) is 0 Å². The van der Waals surface area contributed by atoms with E-state index < -0.39 is 35.7 Å². The van der Waals surface area contributed by atoms with Gasteiger partial charge in [0.1, 0.15) is 0 Å². The summed E-state index contributed by atoms with van der Waals surface area (Å²) in [6, 6.07) is 0. The Balaban J connectivity index is 5.10. The molecule has 3 unspecified atom stereocenters. The Hall–Kier alpha value is -1.89. The molecule has 0 aliphatic rings. The lowest BCUT2D eigenvalue weighted by molar-refractivity contribution is -0.929. The first-order valence-electron chi connectivity index (χ1n) is 13.2. The van der Waals surface area contributed by atoms with E-state index in [0.717, 1.165) is 38.6 Å². The molecule has 0 radical (unpaired) electrons. The summed E-state index contributed by atoms with van der Waals surface area (Å²) in [5.74, 6) is -4.33. The number of unbranched alkanes of at least 4 members (excludes halogenated alkanes) is 6. The Labute approximate surface area is 206 Å². The molecule has 0 aromatic heterocycles. The molecule has 0 bridgehead atoms. The van der Waals surface area contributed by atoms with Gasteiger partial charge in [-0.25, -0.2) is 0 Å². The van der Waals surface area contributed by atoms with Gasteiger partial charge in [0.05, 0.1) is 38.0 Å². The number of hydrogen-bond donors (Lipinski definition) is 2. The lowest BCUT2D eigenvalue weighted by Crippen LogP contribution is -2.52. The van der Waals surface area contributed by atoms with Gasteiger partial charge < -0.3 is 24.6 Å². The summed E-state index contributed by atoms with van der Waals surface area (Å²) in [5, 5.41) is 30.0. The van der Waals surface area contributed by atoms with Gasteiger partial charge >= 0.3 is 11.9 Å². The van der Waals surface area contributed by atoms with Crippen LogP contribution in [0.3, 0.4) is 0 Å². The molecule has 3 atom stereocenters. The minimum Gasteiger partial charge on any atom is -0.550 e. The highest BCUT2D eigenvalue weighted by molar-refractivity contribution is 5.69. The molecule has 0 aromatic carbocycles. The summed E-state index contributed by atoms with van der Waals surface area (Å²) in [5.41, 5.74) is 0. The predicted molar refractivity (Wildman–Crippen MR) is 133 cm³/mol. The zero-order valence-corrected chi connectivity index (χ0v) is 22.0. The van der Waals surface area contributed by atoms with Gasteiger partial charge in [-0.05, 0) is 32.1 Å². The Bertz CT molecular complexity index is 558. The number of allylic oxidation sites excluding steroid dienone is 2.